The third-order valence-corrected chi connectivity index (χ3v) is 8.22. The molecule has 1 unspecified atom stereocenters. The number of urea groups is 1. The molecular weight excluding hydrogens is 608 g/mol. The highest BCUT2D eigenvalue weighted by Crippen LogP contribution is 2.34. The van der Waals surface area contributed by atoms with E-state index in [1.54, 1.807) is 23.1 Å². The van der Waals surface area contributed by atoms with Crippen LogP contribution in [0.4, 0.5) is 9.59 Å². The van der Waals surface area contributed by atoms with Crippen LogP contribution in [0.2, 0.25) is 5.02 Å². The van der Waals surface area contributed by atoms with E-state index in [-0.39, 0.29) is 31.1 Å². The van der Waals surface area contributed by atoms with Gasteiger partial charge in [0.2, 0.25) is 0 Å². The minimum absolute atomic E-state index is 0.0430. The molecule has 250 valence electrons. The molecule has 1 aromatic carbocycles. The number of ether oxygens (including phenoxy) is 4. The average molecular weight is 653 g/mol. The first kappa shape index (κ1) is 36.1. The van der Waals surface area contributed by atoms with E-state index in [2.05, 4.69) is 20.1 Å². The number of likely N-dealkylation sites (N-methyl/N-ethyl adjacent to an activating group) is 1. The van der Waals surface area contributed by atoms with Gasteiger partial charge in [0.15, 0.2) is 0 Å². The van der Waals surface area contributed by atoms with E-state index in [0.717, 1.165) is 64.6 Å². The molecule has 2 heterocycles. The lowest BCUT2D eigenvalue weighted by Gasteiger charge is -2.38. The molecule has 2 aliphatic rings. The summed E-state index contributed by atoms with van der Waals surface area (Å²) in [6.07, 6.45) is 3.20. The summed E-state index contributed by atoms with van der Waals surface area (Å²) in [7, 11) is 4.05. The van der Waals surface area contributed by atoms with Gasteiger partial charge in [0.05, 0.1) is 39.6 Å². The molecule has 13 nitrogen and oxygen atoms in total. The molecule has 45 heavy (non-hydrogen) atoms. The molecule has 0 aromatic heterocycles. The van der Waals surface area contributed by atoms with Gasteiger partial charge < -0.3 is 39.6 Å². The number of likely N-dealkylation sites (tertiary alicyclic amines) is 1. The summed E-state index contributed by atoms with van der Waals surface area (Å²) >= 11 is 6.32. The summed E-state index contributed by atoms with van der Waals surface area (Å²) < 4.78 is 21.2. The number of rotatable bonds is 14. The zero-order valence-electron chi connectivity index (χ0n) is 26.2. The van der Waals surface area contributed by atoms with Crippen LogP contribution in [0.15, 0.2) is 36.0 Å². The van der Waals surface area contributed by atoms with Crippen LogP contribution in [0.1, 0.15) is 43.8 Å². The molecule has 3 N–H and O–H groups in total. The summed E-state index contributed by atoms with van der Waals surface area (Å²) in [6.45, 7) is 2.74. The highest BCUT2D eigenvalue weighted by molar-refractivity contribution is 6.30. The minimum Gasteiger partial charge on any atom is -0.466 e. The first-order valence-electron chi connectivity index (χ1n) is 15.2. The van der Waals surface area contributed by atoms with Crippen molar-refractivity contribution in [3.8, 4) is 0 Å². The molecule has 0 radical (unpaired) electrons. The SMILES string of the molecule is CNC[C@H](C[C@H]1CCCOC1)NC(=O)N1CCC[C@@H](C(OCCN(C(=O)O)/C(=C\C(=O)OC)C(=O)OC)c2cccc(Cl)c2)C1. The number of carbonyl (C=O) groups excluding carboxylic acids is 3. The number of carboxylic acid groups (broad SMARTS) is 1. The van der Waals surface area contributed by atoms with Gasteiger partial charge in [0, 0.05) is 49.8 Å². The Labute approximate surface area is 269 Å². The Balaban J connectivity index is 1.74. The van der Waals surface area contributed by atoms with Crippen molar-refractivity contribution in [2.24, 2.45) is 11.8 Å². The van der Waals surface area contributed by atoms with Gasteiger partial charge in [-0.1, -0.05) is 23.7 Å². The number of benzene rings is 1. The Morgan fingerprint density at radius 1 is 1.20 bits per heavy atom. The van der Waals surface area contributed by atoms with E-state index >= 15 is 0 Å². The van der Waals surface area contributed by atoms with Crippen LogP contribution in [-0.2, 0) is 28.5 Å². The molecule has 4 atom stereocenters. The lowest BCUT2D eigenvalue weighted by atomic mass is 9.88. The van der Waals surface area contributed by atoms with Crippen LogP contribution in [0.5, 0.6) is 0 Å². The zero-order valence-corrected chi connectivity index (χ0v) is 26.9. The topological polar surface area (TPSA) is 156 Å². The van der Waals surface area contributed by atoms with Gasteiger partial charge in [-0.2, -0.15) is 0 Å². The molecule has 0 bridgehead atoms. The fourth-order valence-electron chi connectivity index (χ4n) is 5.84. The number of hydrogen-bond donors (Lipinski definition) is 3. The third kappa shape index (κ3) is 11.2. The maximum absolute atomic E-state index is 13.5. The molecule has 14 heteroatoms. The average Bonchev–Trinajstić information content (AvgIpc) is 3.04. The molecule has 2 saturated heterocycles. The Morgan fingerprint density at radius 3 is 2.64 bits per heavy atom. The minimum atomic E-state index is -1.48. The normalized spacial score (nSPS) is 20.1. The predicted octanol–water partition coefficient (Wildman–Crippen LogP) is 3.43. The van der Waals surface area contributed by atoms with Gasteiger partial charge in [-0.15, -0.1) is 0 Å². The van der Waals surface area contributed by atoms with Gasteiger partial charge in [-0.3, -0.25) is 4.90 Å². The maximum atomic E-state index is 13.5. The van der Waals surface area contributed by atoms with E-state index in [1.165, 1.54) is 0 Å². The van der Waals surface area contributed by atoms with Gasteiger partial charge in [-0.25, -0.2) is 19.2 Å². The highest BCUT2D eigenvalue weighted by Gasteiger charge is 2.33. The third-order valence-electron chi connectivity index (χ3n) is 7.99. The monoisotopic (exact) mass is 652 g/mol. The Morgan fingerprint density at radius 2 is 2.00 bits per heavy atom. The smallest absolute Gasteiger partial charge is 0.412 e. The summed E-state index contributed by atoms with van der Waals surface area (Å²) in [5, 5.41) is 16.7. The molecule has 0 saturated carbocycles. The fraction of sp³-hybridized carbons (Fsp3) is 0.613. The van der Waals surface area contributed by atoms with Crippen LogP contribution < -0.4 is 10.6 Å². The van der Waals surface area contributed by atoms with Crippen LogP contribution in [0, 0.1) is 11.8 Å². The molecule has 3 rings (SSSR count). The van der Waals surface area contributed by atoms with E-state index in [9.17, 15) is 24.3 Å². The second-order valence-corrected chi connectivity index (χ2v) is 11.6. The van der Waals surface area contributed by atoms with Crippen LogP contribution in [0.3, 0.4) is 0 Å². The lowest BCUT2D eigenvalue weighted by Crippen LogP contribution is -2.52. The Hall–Kier alpha value is -3.39. The van der Waals surface area contributed by atoms with Gasteiger partial charge in [0.25, 0.3) is 0 Å². The molecule has 1 aromatic rings. The number of methoxy groups -OCH3 is 2. The van der Waals surface area contributed by atoms with Crippen molar-refractivity contribution in [3.05, 3.63) is 46.6 Å². The fourth-order valence-corrected chi connectivity index (χ4v) is 6.04. The first-order valence-corrected chi connectivity index (χ1v) is 15.6. The van der Waals surface area contributed by atoms with Crippen molar-refractivity contribution in [1.82, 2.24) is 20.4 Å². The number of piperidine rings is 1. The molecule has 3 amide bonds. The van der Waals surface area contributed by atoms with Crippen molar-refractivity contribution in [2.45, 2.75) is 44.2 Å². The van der Waals surface area contributed by atoms with Crippen molar-refractivity contribution >= 4 is 35.7 Å². The van der Waals surface area contributed by atoms with E-state index in [0.29, 0.717) is 42.1 Å². The van der Waals surface area contributed by atoms with Gasteiger partial charge >= 0.3 is 24.1 Å². The Kier molecular flexibility index (Phi) is 14.9. The second-order valence-electron chi connectivity index (χ2n) is 11.2. The molecule has 2 fully saturated rings. The van der Waals surface area contributed by atoms with Crippen LogP contribution in [0.25, 0.3) is 0 Å². The quantitative estimate of drug-likeness (QED) is 0.201. The molecule has 0 aliphatic carbocycles. The van der Waals surface area contributed by atoms with Crippen molar-refractivity contribution in [3.63, 3.8) is 0 Å². The summed E-state index contributed by atoms with van der Waals surface area (Å²) in [5.74, 6) is -1.65. The van der Waals surface area contributed by atoms with Crippen molar-refractivity contribution in [2.75, 3.05) is 67.3 Å². The highest BCUT2D eigenvalue weighted by atomic mass is 35.5. The zero-order chi connectivity index (χ0) is 32.8. The van der Waals surface area contributed by atoms with Crippen molar-refractivity contribution in [1.29, 1.82) is 0 Å². The summed E-state index contributed by atoms with van der Waals surface area (Å²) in [6, 6.07) is 7.02. The number of nitrogens with zero attached hydrogens (tertiary/aromatic N) is 2. The largest absolute Gasteiger partial charge is 0.466 e. The number of hydrogen-bond acceptors (Lipinski definition) is 9. The molecule has 0 spiro atoms. The summed E-state index contributed by atoms with van der Waals surface area (Å²) in [4.78, 5) is 52.2. The van der Waals surface area contributed by atoms with Crippen LogP contribution >= 0.6 is 11.6 Å². The number of esters is 2. The number of carbonyl (C=O) groups is 4. The number of nitrogens with one attached hydrogen (secondary N) is 2. The molecule has 2 aliphatic heterocycles. The first-order chi connectivity index (χ1) is 21.7. The number of amides is 3. The van der Waals surface area contributed by atoms with E-state index in [1.807, 2.05) is 13.1 Å². The Bertz CT molecular complexity index is 1180. The number of halogens is 1. The van der Waals surface area contributed by atoms with Gasteiger partial charge in [-0.05, 0) is 62.8 Å². The van der Waals surface area contributed by atoms with E-state index < -0.39 is 29.8 Å². The maximum Gasteiger partial charge on any atom is 0.412 e. The standard InChI is InChI=1S/C31H45ClN4O9/c1-33-18-25(15-21-7-6-13-44-20-21)34-30(39)35-11-5-9-23(19-35)28(22-8-4-10-24(32)16-22)45-14-12-36(31(40)41)26(29(38)43-3)17-27(37)42-2/h4,8,10,16-17,21,23,25,28,33H,5-7,9,11-15,18-20H2,1-3H3,(H,34,39)(H,40,41)/b26-17-/t21-,23-,25+,28?/m1/s1. The summed E-state index contributed by atoms with van der Waals surface area (Å²) in [5.41, 5.74) is 0.275. The molecular formula is C31H45ClN4O9. The van der Waals surface area contributed by atoms with Crippen molar-refractivity contribution < 1.29 is 43.2 Å². The second kappa shape index (κ2) is 18.5. The van der Waals surface area contributed by atoms with Gasteiger partial charge in [0.1, 0.15) is 5.70 Å². The predicted molar refractivity (Wildman–Crippen MR) is 166 cm³/mol. The van der Waals surface area contributed by atoms with E-state index in [4.69, 9.17) is 21.1 Å². The van der Waals surface area contributed by atoms with Crippen LogP contribution in [-0.4, -0.2) is 112 Å². The lowest BCUT2D eigenvalue weighted by molar-refractivity contribution is -0.140.